The van der Waals surface area contributed by atoms with Gasteiger partial charge < -0.3 is 9.80 Å². The van der Waals surface area contributed by atoms with E-state index in [1.807, 2.05) is 0 Å². The van der Waals surface area contributed by atoms with Crippen LogP contribution in [0.2, 0.25) is 0 Å². The molecule has 0 saturated heterocycles. The molecule has 0 unspecified atom stereocenters. The Hall–Kier alpha value is -1.77. The van der Waals surface area contributed by atoms with Gasteiger partial charge >= 0.3 is 6.18 Å². The van der Waals surface area contributed by atoms with Crippen molar-refractivity contribution in [3.8, 4) is 0 Å². The minimum Gasteiger partial charge on any atom is -0.347 e. The lowest BCUT2D eigenvalue weighted by Gasteiger charge is -2.24. The average Bonchev–Trinajstić information content (AvgIpc) is 2.44. The topological polar surface area (TPSA) is 40.6 Å². The molecule has 0 aliphatic carbocycles. The normalized spacial score (nSPS) is 11.2. The van der Waals surface area contributed by atoms with Crippen LogP contribution < -0.4 is 0 Å². The summed E-state index contributed by atoms with van der Waals surface area (Å²) in [6.07, 6.45) is -4.59. The predicted molar refractivity (Wildman–Crippen MR) is 78.5 cm³/mol. The second kappa shape index (κ2) is 8.19. The Bertz CT molecular complexity index is 547. The van der Waals surface area contributed by atoms with E-state index in [0.717, 1.165) is 16.7 Å². The largest absolute Gasteiger partial charge is 0.406 e. The maximum Gasteiger partial charge on any atom is 0.406 e. The van der Waals surface area contributed by atoms with Gasteiger partial charge in [-0.15, -0.1) is 11.8 Å². The van der Waals surface area contributed by atoms with E-state index in [0.29, 0.717) is 9.80 Å². The molecule has 0 heterocycles. The minimum absolute atomic E-state index is 0.275. The van der Waals surface area contributed by atoms with E-state index in [4.69, 9.17) is 0 Å². The van der Waals surface area contributed by atoms with Crippen LogP contribution in [0.15, 0.2) is 29.2 Å². The molecule has 9 heteroatoms. The lowest BCUT2D eigenvalue weighted by Crippen LogP contribution is -2.45. The van der Waals surface area contributed by atoms with Gasteiger partial charge in [-0.25, -0.2) is 4.39 Å². The summed E-state index contributed by atoms with van der Waals surface area (Å²) in [5.74, 6) is -2.14. The molecule has 0 radical (unpaired) electrons. The first-order valence-corrected chi connectivity index (χ1v) is 7.50. The van der Waals surface area contributed by atoms with Gasteiger partial charge in [-0.2, -0.15) is 13.2 Å². The Balaban J connectivity index is 2.70. The standard InChI is InChI=1S/C14H16F4N2O2S/c1-19(2)12(21)7-20(9-14(16,17)18)13(22)8-23-11-5-3-10(15)4-6-11/h3-6H,7-9H2,1-2H3. The van der Waals surface area contributed by atoms with Gasteiger partial charge in [0, 0.05) is 19.0 Å². The van der Waals surface area contributed by atoms with Crippen molar-refractivity contribution in [3.63, 3.8) is 0 Å². The van der Waals surface area contributed by atoms with E-state index in [1.165, 1.54) is 38.4 Å². The van der Waals surface area contributed by atoms with Gasteiger partial charge in [0.15, 0.2) is 0 Å². The lowest BCUT2D eigenvalue weighted by molar-refractivity contribution is -0.162. The van der Waals surface area contributed by atoms with E-state index in [2.05, 4.69) is 0 Å². The molecule has 23 heavy (non-hydrogen) atoms. The van der Waals surface area contributed by atoms with Crippen molar-refractivity contribution < 1.29 is 27.2 Å². The highest BCUT2D eigenvalue weighted by atomic mass is 32.2. The Morgan fingerprint density at radius 3 is 2.13 bits per heavy atom. The molecule has 1 aromatic rings. The third kappa shape index (κ3) is 7.36. The van der Waals surface area contributed by atoms with Crippen molar-refractivity contribution in [2.75, 3.05) is 32.9 Å². The fourth-order valence-electron chi connectivity index (χ4n) is 1.52. The molecule has 0 fully saturated rings. The number of hydrogen-bond donors (Lipinski definition) is 0. The van der Waals surface area contributed by atoms with E-state index in [9.17, 15) is 27.2 Å². The average molecular weight is 352 g/mol. The van der Waals surface area contributed by atoms with Crippen molar-refractivity contribution in [2.45, 2.75) is 11.1 Å². The van der Waals surface area contributed by atoms with E-state index < -0.39 is 36.9 Å². The highest BCUT2D eigenvalue weighted by Crippen LogP contribution is 2.21. The Kier molecular flexibility index (Phi) is 6.86. The number of carbonyl (C=O) groups excluding carboxylic acids is 2. The molecule has 0 aliphatic heterocycles. The number of carbonyl (C=O) groups is 2. The monoisotopic (exact) mass is 352 g/mol. The van der Waals surface area contributed by atoms with Gasteiger partial charge in [0.05, 0.1) is 5.75 Å². The van der Waals surface area contributed by atoms with Crippen LogP contribution in [0.25, 0.3) is 0 Å². The number of nitrogens with zero attached hydrogens (tertiary/aromatic N) is 2. The van der Waals surface area contributed by atoms with Crippen LogP contribution in [0.4, 0.5) is 17.6 Å². The zero-order valence-electron chi connectivity index (χ0n) is 12.6. The molecule has 4 nitrogen and oxygen atoms in total. The number of amides is 2. The Morgan fingerprint density at radius 2 is 1.65 bits per heavy atom. The van der Waals surface area contributed by atoms with Crippen molar-refractivity contribution >= 4 is 23.6 Å². The van der Waals surface area contributed by atoms with Crippen molar-refractivity contribution in [1.82, 2.24) is 9.80 Å². The van der Waals surface area contributed by atoms with Gasteiger partial charge in [0.1, 0.15) is 18.9 Å². The van der Waals surface area contributed by atoms with Gasteiger partial charge in [-0.05, 0) is 24.3 Å². The van der Waals surface area contributed by atoms with Crippen LogP contribution in [-0.4, -0.2) is 60.7 Å². The van der Waals surface area contributed by atoms with Crippen molar-refractivity contribution in [3.05, 3.63) is 30.1 Å². The molecule has 2 amide bonds. The molecule has 0 bridgehead atoms. The summed E-state index contributed by atoms with van der Waals surface area (Å²) in [5.41, 5.74) is 0. The highest BCUT2D eigenvalue weighted by Gasteiger charge is 2.34. The molecule has 1 aromatic carbocycles. The first-order valence-electron chi connectivity index (χ1n) is 6.51. The SMILES string of the molecule is CN(C)C(=O)CN(CC(F)(F)F)C(=O)CSc1ccc(F)cc1. The van der Waals surface area contributed by atoms with Gasteiger partial charge in [0.25, 0.3) is 0 Å². The summed E-state index contributed by atoms with van der Waals surface area (Å²) < 4.78 is 50.4. The number of thioether (sulfide) groups is 1. The second-order valence-electron chi connectivity index (χ2n) is 4.90. The number of alkyl halides is 3. The fraction of sp³-hybridized carbons (Fsp3) is 0.429. The van der Waals surface area contributed by atoms with Crippen LogP contribution in [0.3, 0.4) is 0 Å². The van der Waals surface area contributed by atoms with Crippen LogP contribution in [-0.2, 0) is 9.59 Å². The molecule has 128 valence electrons. The molecule has 0 aromatic heterocycles. The zero-order valence-corrected chi connectivity index (χ0v) is 13.4. The predicted octanol–water partition coefficient (Wildman–Crippen LogP) is 2.40. The van der Waals surface area contributed by atoms with Crippen LogP contribution in [0.5, 0.6) is 0 Å². The van der Waals surface area contributed by atoms with Gasteiger partial charge in [-0.3, -0.25) is 9.59 Å². The second-order valence-corrected chi connectivity index (χ2v) is 5.94. The maximum atomic E-state index is 12.8. The number of halogens is 4. The quantitative estimate of drug-likeness (QED) is 0.583. The molecular formula is C14H16F4N2O2S. The first kappa shape index (κ1) is 19.3. The van der Waals surface area contributed by atoms with Crippen LogP contribution in [0.1, 0.15) is 0 Å². The Labute approximate surface area is 135 Å². The van der Waals surface area contributed by atoms with Gasteiger partial charge in [-0.1, -0.05) is 0 Å². The van der Waals surface area contributed by atoms with Crippen molar-refractivity contribution in [2.24, 2.45) is 0 Å². The molecule has 0 atom stereocenters. The lowest BCUT2D eigenvalue weighted by atomic mass is 10.4. The molecule has 0 spiro atoms. The van der Waals surface area contributed by atoms with E-state index in [-0.39, 0.29) is 5.75 Å². The van der Waals surface area contributed by atoms with E-state index >= 15 is 0 Å². The highest BCUT2D eigenvalue weighted by molar-refractivity contribution is 8.00. The molecule has 0 aliphatic rings. The summed E-state index contributed by atoms with van der Waals surface area (Å²) in [6, 6.07) is 5.23. The molecular weight excluding hydrogens is 336 g/mol. The number of benzene rings is 1. The summed E-state index contributed by atoms with van der Waals surface area (Å²) in [4.78, 5) is 25.7. The number of rotatable bonds is 6. The van der Waals surface area contributed by atoms with Crippen LogP contribution >= 0.6 is 11.8 Å². The summed E-state index contributed by atoms with van der Waals surface area (Å²) in [5, 5.41) is 0. The number of hydrogen-bond acceptors (Lipinski definition) is 3. The third-order valence-electron chi connectivity index (χ3n) is 2.72. The first-order chi connectivity index (χ1) is 10.6. The third-order valence-corrected chi connectivity index (χ3v) is 3.72. The summed E-state index contributed by atoms with van der Waals surface area (Å²) in [7, 11) is 2.79. The van der Waals surface area contributed by atoms with Crippen molar-refractivity contribution in [1.29, 1.82) is 0 Å². The summed E-state index contributed by atoms with van der Waals surface area (Å²) in [6.45, 7) is -2.13. The number of likely N-dealkylation sites (N-methyl/N-ethyl adjacent to an activating group) is 1. The van der Waals surface area contributed by atoms with Crippen LogP contribution in [0, 0.1) is 5.82 Å². The smallest absolute Gasteiger partial charge is 0.347 e. The Morgan fingerprint density at radius 1 is 1.09 bits per heavy atom. The minimum atomic E-state index is -4.59. The summed E-state index contributed by atoms with van der Waals surface area (Å²) >= 11 is 0.977. The fourth-order valence-corrected chi connectivity index (χ4v) is 2.32. The van der Waals surface area contributed by atoms with Gasteiger partial charge in [0.2, 0.25) is 11.8 Å². The molecule has 0 N–H and O–H groups in total. The van der Waals surface area contributed by atoms with E-state index in [1.54, 1.807) is 0 Å². The molecule has 0 saturated carbocycles. The molecule has 1 rings (SSSR count). The zero-order chi connectivity index (χ0) is 17.6. The maximum absolute atomic E-state index is 12.8.